The number of pyridine rings is 1. The first-order valence-corrected chi connectivity index (χ1v) is 7.87. The van der Waals surface area contributed by atoms with Gasteiger partial charge in [-0.25, -0.2) is 13.8 Å². The van der Waals surface area contributed by atoms with Crippen molar-refractivity contribution in [2.24, 2.45) is 11.7 Å². The van der Waals surface area contributed by atoms with E-state index in [1.807, 2.05) is 6.92 Å². The van der Waals surface area contributed by atoms with E-state index in [9.17, 15) is 8.78 Å². The van der Waals surface area contributed by atoms with Crippen molar-refractivity contribution < 1.29 is 8.78 Å². The summed E-state index contributed by atoms with van der Waals surface area (Å²) in [6.45, 7) is 1.46. The lowest BCUT2D eigenvalue weighted by molar-refractivity contribution is 0.123. The highest BCUT2D eigenvalue weighted by Gasteiger charge is 2.37. The number of halogens is 3. The van der Waals surface area contributed by atoms with E-state index in [1.54, 1.807) is 6.07 Å². The number of rotatable bonds is 4. The molecule has 1 atom stereocenters. The van der Waals surface area contributed by atoms with Crippen molar-refractivity contribution >= 4 is 22.5 Å². The highest BCUT2D eigenvalue weighted by Crippen LogP contribution is 2.40. The van der Waals surface area contributed by atoms with Crippen LogP contribution in [0.15, 0.2) is 12.3 Å². The van der Waals surface area contributed by atoms with Crippen molar-refractivity contribution in [3.63, 3.8) is 0 Å². The van der Waals surface area contributed by atoms with Crippen LogP contribution < -0.4 is 5.73 Å². The average Bonchev–Trinajstić information content (AvgIpc) is 3.06. The van der Waals surface area contributed by atoms with E-state index in [4.69, 9.17) is 17.3 Å². The Morgan fingerprint density at radius 2 is 2.14 bits per heavy atom. The van der Waals surface area contributed by atoms with Gasteiger partial charge in [-0.15, -0.1) is 0 Å². The van der Waals surface area contributed by atoms with Crippen LogP contribution in [-0.2, 0) is 12.1 Å². The van der Waals surface area contributed by atoms with E-state index in [1.165, 1.54) is 10.9 Å². The molecule has 120 valence electrons. The minimum atomic E-state index is -2.48. The molecule has 1 aliphatic rings. The number of hydrogen-bond donors (Lipinski definition) is 1. The maximum Gasteiger partial charge on any atom is 0.257 e. The van der Waals surface area contributed by atoms with Gasteiger partial charge in [0.15, 0.2) is 0 Å². The van der Waals surface area contributed by atoms with Crippen LogP contribution in [0.5, 0.6) is 0 Å². The molecular formula is C15H19ClF2N4. The number of hydrogen-bond acceptors (Lipinski definition) is 3. The van der Waals surface area contributed by atoms with Gasteiger partial charge in [0.25, 0.3) is 6.43 Å². The van der Waals surface area contributed by atoms with Crippen LogP contribution in [0, 0.1) is 5.92 Å². The van der Waals surface area contributed by atoms with Crippen LogP contribution in [0.3, 0.4) is 0 Å². The van der Waals surface area contributed by atoms with Crippen LogP contribution >= 0.6 is 11.6 Å². The van der Waals surface area contributed by atoms with E-state index >= 15 is 0 Å². The summed E-state index contributed by atoms with van der Waals surface area (Å²) in [5.41, 5.74) is 7.11. The molecule has 1 aliphatic carbocycles. The molecule has 2 N–H and O–H groups in total. The highest BCUT2D eigenvalue weighted by atomic mass is 35.5. The molecule has 1 fully saturated rings. The van der Waals surface area contributed by atoms with Gasteiger partial charge >= 0.3 is 0 Å². The summed E-state index contributed by atoms with van der Waals surface area (Å²) in [5.74, 6) is 0.303. The molecule has 7 heteroatoms. The van der Waals surface area contributed by atoms with Gasteiger partial charge in [0, 0.05) is 5.39 Å². The Hall–Kier alpha value is -1.27. The zero-order chi connectivity index (χ0) is 15.9. The number of fused-ring (bicyclic) bond motifs is 1. The first-order chi connectivity index (χ1) is 10.4. The Kier molecular flexibility index (Phi) is 4.07. The Bertz CT molecular complexity index is 677. The first-order valence-electron chi connectivity index (χ1n) is 7.49. The molecule has 1 unspecified atom stereocenters. The Labute approximate surface area is 132 Å². The van der Waals surface area contributed by atoms with Crippen molar-refractivity contribution in [3.8, 4) is 0 Å². The molecule has 0 radical (unpaired) electrons. The van der Waals surface area contributed by atoms with Crippen LogP contribution in [0.25, 0.3) is 10.9 Å². The van der Waals surface area contributed by atoms with Crippen LogP contribution in [0.2, 0.25) is 5.15 Å². The van der Waals surface area contributed by atoms with Crippen molar-refractivity contribution in [2.45, 2.75) is 51.1 Å². The smallest absolute Gasteiger partial charge is 0.257 e. The standard InChI is InChI=1S/C15H19ClF2N4/c1-15(19,9-4-2-3-5-9)14-10-6-12(16)20-7-11(10)22(21-14)8-13(17)18/h6-7,9,13H,2-5,8,19H2,1H3. The minimum absolute atomic E-state index is 0.303. The van der Waals surface area contributed by atoms with E-state index in [0.29, 0.717) is 22.3 Å². The van der Waals surface area contributed by atoms with E-state index in [2.05, 4.69) is 10.1 Å². The van der Waals surface area contributed by atoms with Gasteiger partial charge in [0.2, 0.25) is 0 Å². The summed E-state index contributed by atoms with van der Waals surface area (Å²) in [5, 5.41) is 5.43. The van der Waals surface area contributed by atoms with E-state index in [0.717, 1.165) is 31.1 Å². The Morgan fingerprint density at radius 3 is 2.77 bits per heavy atom. The first kappa shape index (κ1) is 15.6. The third kappa shape index (κ3) is 2.70. The van der Waals surface area contributed by atoms with Crippen molar-refractivity contribution in [3.05, 3.63) is 23.1 Å². The van der Waals surface area contributed by atoms with Crippen LogP contribution in [0.4, 0.5) is 8.78 Å². The van der Waals surface area contributed by atoms with Gasteiger partial charge in [-0.05, 0) is 31.7 Å². The molecule has 0 saturated heterocycles. The monoisotopic (exact) mass is 328 g/mol. The quantitative estimate of drug-likeness (QED) is 0.870. The zero-order valence-corrected chi connectivity index (χ0v) is 13.2. The molecule has 0 bridgehead atoms. The molecule has 0 aliphatic heterocycles. The molecule has 2 aromatic heterocycles. The highest BCUT2D eigenvalue weighted by molar-refractivity contribution is 6.30. The fourth-order valence-corrected chi connectivity index (χ4v) is 3.59. The number of aromatic nitrogens is 3. The summed E-state index contributed by atoms with van der Waals surface area (Å²) in [6.07, 6.45) is 3.37. The molecule has 4 nitrogen and oxygen atoms in total. The van der Waals surface area contributed by atoms with Crippen LogP contribution in [0.1, 0.15) is 38.3 Å². The fraction of sp³-hybridized carbons (Fsp3) is 0.600. The molecule has 0 amide bonds. The summed E-state index contributed by atoms with van der Waals surface area (Å²) in [4.78, 5) is 3.99. The molecule has 0 spiro atoms. The summed E-state index contributed by atoms with van der Waals surface area (Å²) < 4.78 is 26.9. The van der Waals surface area contributed by atoms with Gasteiger partial charge in [-0.1, -0.05) is 24.4 Å². The maximum atomic E-state index is 12.8. The Balaban J connectivity index is 2.13. The van der Waals surface area contributed by atoms with Gasteiger partial charge < -0.3 is 5.73 Å². The largest absolute Gasteiger partial charge is 0.320 e. The maximum absolute atomic E-state index is 12.8. The lowest BCUT2D eigenvalue weighted by Gasteiger charge is -2.30. The second kappa shape index (κ2) is 5.74. The zero-order valence-electron chi connectivity index (χ0n) is 12.4. The summed E-state index contributed by atoms with van der Waals surface area (Å²) >= 11 is 5.98. The summed E-state index contributed by atoms with van der Waals surface area (Å²) in [6, 6.07) is 1.67. The number of nitrogens with two attached hydrogens (primary N) is 1. The van der Waals surface area contributed by atoms with E-state index in [-0.39, 0.29) is 0 Å². The normalized spacial score (nSPS) is 19.2. The second-order valence-electron chi connectivity index (χ2n) is 6.21. The van der Waals surface area contributed by atoms with Gasteiger partial charge in [-0.3, -0.25) is 4.68 Å². The second-order valence-corrected chi connectivity index (χ2v) is 6.60. The molecule has 1 saturated carbocycles. The summed E-state index contributed by atoms with van der Waals surface area (Å²) in [7, 11) is 0. The topological polar surface area (TPSA) is 56.7 Å². The third-order valence-corrected chi connectivity index (χ3v) is 4.83. The molecule has 2 heterocycles. The number of alkyl halides is 2. The molecule has 0 aromatic carbocycles. The lowest BCUT2D eigenvalue weighted by atomic mass is 9.81. The van der Waals surface area contributed by atoms with E-state index < -0.39 is 18.5 Å². The third-order valence-electron chi connectivity index (χ3n) is 4.63. The fourth-order valence-electron chi connectivity index (χ4n) is 3.43. The minimum Gasteiger partial charge on any atom is -0.320 e. The number of nitrogens with zero attached hydrogens (tertiary/aromatic N) is 3. The molecular weight excluding hydrogens is 310 g/mol. The molecule has 22 heavy (non-hydrogen) atoms. The SMILES string of the molecule is CC(N)(c1nn(CC(F)F)c2cnc(Cl)cc12)C1CCCC1. The molecule has 3 rings (SSSR count). The lowest BCUT2D eigenvalue weighted by Crippen LogP contribution is -2.40. The van der Waals surface area contributed by atoms with Crippen LogP contribution in [-0.4, -0.2) is 21.2 Å². The van der Waals surface area contributed by atoms with Gasteiger partial charge in [-0.2, -0.15) is 5.10 Å². The average molecular weight is 329 g/mol. The van der Waals surface area contributed by atoms with Gasteiger partial charge in [0.05, 0.1) is 22.9 Å². The molecule has 2 aromatic rings. The van der Waals surface area contributed by atoms with Crippen molar-refractivity contribution in [1.29, 1.82) is 0 Å². The predicted octanol–water partition coefficient (Wildman–Crippen LogP) is 3.71. The predicted molar refractivity (Wildman–Crippen MR) is 82.0 cm³/mol. The van der Waals surface area contributed by atoms with Gasteiger partial charge in [0.1, 0.15) is 11.7 Å². The van der Waals surface area contributed by atoms with Crippen molar-refractivity contribution in [1.82, 2.24) is 14.8 Å². The Morgan fingerprint density at radius 1 is 1.45 bits per heavy atom. The van der Waals surface area contributed by atoms with Crippen molar-refractivity contribution in [2.75, 3.05) is 0 Å².